The zero-order valence-electron chi connectivity index (χ0n) is 25.0. The zero-order valence-corrected chi connectivity index (χ0v) is 25.9. The molecule has 9 nitrogen and oxygen atoms in total. The Bertz CT molecular complexity index is 1620. The van der Waals surface area contributed by atoms with Gasteiger partial charge in [-0.25, -0.2) is 18.7 Å². The van der Waals surface area contributed by atoms with Gasteiger partial charge in [0, 0.05) is 55.4 Å². The number of rotatable bonds is 10. The molecule has 6 rings (SSSR count). The maximum Gasteiger partial charge on any atom is 0.259 e. The largest absolute Gasteiger partial charge is 0.493 e. The van der Waals surface area contributed by atoms with Crippen molar-refractivity contribution in [2.24, 2.45) is 0 Å². The highest BCUT2D eigenvalue weighted by Crippen LogP contribution is 2.36. The Morgan fingerprint density at radius 3 is 2.44 bits per heavy atom. The summed E-state index contributed by atoms with van der Waals surface area (Å²) in [6, 6.07) is 12.9. The summed E-state index contributed by atoms with van der Waals surface area (Å²) in [4.78, 5) is 13.0. The summed E-state index contributed by atoms with van der Waals surface area (Å²) < 4.78 is 48.0. The SMILES string of the molecule is COc1cc(-c2cnc3cccc(-c4cc(F)c(C(O)(O)N5CCSCC5)c(F)c4)c3n2)ccc1OCCCN1CCOCC1. The van der Waals surface area contributed by atoms with Crippen molar-refractivity contribution in [2.75, 3.05) is 71.2 Å². The van der Waals surface area contributed by atoms with Gasteiger partial charge in [-0.1, -0.05) is 12.1 Å². The Kier molecular flexibility index (Phi) is 9.78. The number of ether oxygens (including phenoxy) is 3. The monoisotopic (exact) mass is 638 g/mol. The Labute approximate surface area is 264 Å². The predicted octanol–water partition coefficient (Wildman–Crippen LogP) is 4.50. The van der Waals surface area contributed by atoms with Crippen molar-refractivity contribution in [3.05, 3.63) is 71.9 Å². The summed E-state index contributed by atoms with van der Waals surface area (Å²) in [5.74, 6) is -2.43. The van der Waals surface area contributed by atoms with E-state index < -0.39 is 23.1 Å². The van der Waals surface area contributed by atoms with Crippen molar-refractivity contribution in [3.8, 4) is 33.9 Å². The molecular formula is C33H36F2N4O5S. The molecule has 0 amide bonds. The van der Waals surface area contributed by atoms with E-state index in [4.69, 9.17) is 19.2 Å². The lowest BCUT2D eigenvalue weighted by atomic mass is 9.99. The first kappa shape index (κ1) is 31.6. The number of thioether (sulfide) groups is 1. The summed E-state index contributed by atoms with van der Waals surface area (Å²) in [7, 11) is 1.58. The van der Waals surface area contributed by atoms with E-state index in [2.05, 4.69) is 9.88 Å². The summed E-state index contributed by atoms with van der Waals surface area (Å²) >= 11 is 1.65. The molecule has 238 valence electrons. The van der Waals surface area contributed by atoms with Gasteiger partial charge in [0.15, 0.2) is 11.5 Å². The van der Waals surface area contributed by atoms with Crippen LogP contribution in [0, 0.1) is 11.6 Å². The van der Waals surface area contributed by atoms with Crippen molar-refractivity contribution >= 4 is 22.8 Å². The molecule has 1 aromatic heterocycles. The van der Waals surface area contributed by atoms with E-state index in [-0.39, 0.29) is 5.56 Å². The van der Waals surface area contributed by atoms with E-state index in [1.165, 1.54) is 4.90 Å². The second-order valence-electron chi connectivity index (χ2n) is 11.0. The van der Waals surface area contributed by atoms with E-state index in [0.717, 1.165) is 57.0 Å². The Hall–Kier alpha value is -3.39. The van der Waals surface area contributed by atoms with Crippen molar-refractivity contribution in [2.45, 2.75) is 12.3 Å². The molecule has 2 fully saturated rings. The second kappa shape index (κ2) is 13.9. The molecule has 0 saturated carbocycles. The van der Waals surface area contributed by atoms with E-state index in [0.29, 0.717) is 65.0 Å². The smallest absolute Gasteiger partial charge is 0.259 e. The van der Waals surface area contributed by atoms with Crippen LogP contribution in [0.4, 0.5) is 8.78 Å². The lowest BCUT2D eigenvalue weighted by molar-refractivity contribution is -0.276. The van der Waals surface area contributed by atoms with Crippen molar-refractivity contribution < 1.29 is 33.2 Å². The van der Waals surface area contributed by atoms with E-state index in [9.17, 15) is 10.2 Å². The fourth-order valence-electron chi connectivity index (χ4n) is 5.73. The number of methoxy groups -OCH3 is 1. The number of hydrogen-bond acceptors (Lipinski definition) is 10. The third-order valence-corrected chi connectivity index (χ3v) is 9.10. The maximum absolute atomic E-state index is 15.5. The van der Waals surface area contributed by atoms with Gasteiger partial charge in [-0.3, -0.25) is 9.88 Å². The van der Waals surface area contributed by atoms with Crippen LogP contribution >= 0.6 is 11.8 Å². The number of aliphatic hydroxyl groups is 2. The molecule has 45 heavy (non-hydrogen) atoms. The van der Waals surface area contributed by atoms with Crippen molar-refractivity contribution in [1.29, 1.82) is 0 Å². The number of nitrogens with zero attached hydrogens (tertiary/aromatic N) is 4. The molecule has 0 aliphatic carbocycles. The van der Waals surface area contributed by atoms with Gasteiger partial charge >= 0.3 is 0 Å². The van der Waals surface area contributed by atoms with Gasteiger partial charge in [0.25, 0.3) is 5.91 Å². The van der Waals surface area contributed by atoms with E-state index in [1.54, 1.807) is 43.3 Å². The Morgan fingerprint density at radius 2 is 1.71 bits per heavy atom. The summed E-state index contributed by atoms with van der Waals surface area (Å²) in [6.07, 6.45) is 2.51. The number of benzene rings is 3. The molecule has 0 bridgehead atoms. The molecule has 0 spiro atoms. The number of para-hydroxylation sites is 1. The number of fused-ring (bicyclic) bond motifs is 1. The van der Waals surface area contributed by atoms with Gasteiger partial charge in [-0.15, -0.1) is 0 Å². The Morgan fingerprint density at radius 1 is 0.956 bits per heavy atom. The number of aromatic nitrogens is 2. The molecule has 3 aromatic carbocycles. The molecular weight excluding hydrogens is 602 g/mol. The van der Waals surface area contributed by atoms with Gasteiger partial charge in [0.2, 0.25) is 0 Å². The number of hydrogen-bond donors (Lipinski definition) is 2. The van der Waals surface area contributed by atoms with Crippen LogP contribution < -0.4 is 9.47 Å². The summed E-state index contributed by atoms with van der Waals surface area (Å²) in [5.41, 5.74) is 2.12. The second-order valence-corrected chi connectivity index (χ2v) is 12.2. The maximum atomic E-state index is 15.5. The summed E-state index contributed by atoms with van der Waals surface area (Å²) in [5, 5.41) is 21.6. The highest BCUT2D eigenvalue weighted by molar-refractivity contribution is 7.99. The fourth-order valence-corrected chi connectivity index (χ4v) is 6.63. The van der Waals surface area contributed by atoms with Crippen LogP contribution in [0.3, 0.4) is 0 Å². The van der Waals surface area contributed by atoms with E-state index in [1.807, 2.05) is 18.2 Å². The predicted molar refractivity (Wildman–Crippen MR) is 169 cm³/mol. The zero-order chi connectivity index (χ0) is 31.4. The van der Waals surface area contributed by atoms with Crippen LogP contribution in [-0.4, -0.2) is 101 Å². The van der Waals surface area contributed by atoms with Gasteiger partial charge in [0.1, 0.15) is 11.6 Å². The Balaban J connectivity index is 1.25. The quantitative estimate of drug-likeness (QED) is 0.191. The molecule has 3 heterocycles. The van der Waals surface area contributed by atoms with Gasteiger partial charge in [0.05, 0.1) is 55.4 Å². The third-order valence-electron chi connectivity index (χ3n) is 8.15. The minimum atomic E-state index is -2.77. The minimum absolute atomic E-state index is 0.203. The number of halogens is 2. The lowest BCUT2D eigenvalue weighted by Gasteiger charge is -2.37. The molecule has 12 heteroatoms. The first-order valence-corrected chi connectivity index (χ1v) is 16.1. The van der Waals surface area contributed by atoms with Crippen LogP contribution in [0.2, 0.25) is 0 Å². The van der Waals surface area contributed by atoms with Gasteiger partial charge < -0.3 is 24.4 Å². The first-order chi connectivity index (χ1) is 21.8. The topological polar surface area (TPSA) is 100 Å². The van der Waals surface area contributed by atoms with Crippen LogP contribution in [0.1, 0.15) is 12.0 Å². The van der Waals surface area contributed by atoms with Crippen LogP contribution in [0.15, 0.2) is 54.7 Å². The average molecular weight is 639 g/mol. The molecule has 2 saturated heterocycles. The minimum Gasteiger partial charge on any atom is -0.493 e. The molecule has 2 aliphatic heterocycles. The molecule has 2 N–H and O–H groups in total. The molecule has 0 atom stereocenters. The summed E-state index contributed by atoms with van der Waals surface area (Å²) in [6.45, 7) is 5.48. The molecule has 4 aromatic rings. The van der Waals surface area contributed by atoms with Crippen molar-refractivity contribution in [3.63, 3.8) is 0 Å². The van der Waals surface area contributed by atoms with Gasteiger partial charge in [-0.2, -0.15) is 11.8 Å². The van der Waals surface area contributed by atoms with Crippen LogP contribution in [0.25, 0.3) is 33.4 Å². The highest BCUT2D eigenvalue weighted by Gasteiger charge is 2.40. The molecule has 2 aliphatic rings. The first-order valence-electron chi connectivity index (χ1n) is 15.0. The van der Waals surface area contributed by atoms with Crippen LogP contribution in [0.5, 0.6) is 11.5 Å². The third kappa shape index (κ3) is 6.91. The van der Waals surface area contributed by atoms with E-state index >= 15 is 8.78 Å². The number of morpholine rings is 1. The van der Waals surface area contributed by atoms with Crippen LogP contribution in [-0.2, 0) is 10.6 Å². The lowest BCUT2D eigenvalue weighted by Crippen LogP contribution is -2.50. The highest BCUT2D eigenvalue weighted by atomic mass is 32.2. The van der Waals surface area contributed by atoms with Crippen molar-refractivity contribution in [1.82, 2.24) is 19.8 Å². The molecule has 0 radical (unpaired) electrons. The fraction of sp³-hybridized carbons (Fsp3) is 0.394. The normalized spacial score (nSPS) is 16.6. The standard InChI is InChI=1S/C33H36F2N4O5S/c1-42-30-20-22(6-7-29(30)44-13-3-8-38-9-14-43-15-10-38)28-21-36-27-5-2-4-24(32(27)37-28)23-18-25(34)31(26(35)19-23)33(40,41)39-11-16-45-17-12-39/h2,4-7,18-21,40-41H,3,8-17H2,1H3. The van der Waals surface area contributed by atoms with Gasteiger partial charge in [-0.05, 0) is 48.4 Å². The molecule has 0 unspecified atom stereocenters. The average Bonchev–Trinajstić information content (AvgIpc) is 3.06.